The van der Waals surface area contributed by atoms with Gasteiger partial charge < -0.3 is 0 Å². The van der Waals surface area contributed by atoms with Gasteiger partial charge in [-0.15, -0.1) is 0 Å². The number of benzene rings is 2. The van der Waals surface area contributed by atoms with Crippen molar-refractivity contribution in [3.63, 3.8) is 0 Å². The molecule has 25 heavy (non-hydrogen) atoms. The van der Waals surface area contributed by atoms with Crippen LogP contribution in [0.4, 0.5) is 0 Å². The monoisotopic (exact) mass is 330 g/mol. The normalized spacial score (nSPS) is 17.4. The second-order valence-electron chi connectivity index (χ2n) is 8.79. The molecule has 3 rings (SSSR count). The van der Waals surface area contributed by atoms with Crippen LogP contribution in [-0.4, -0.2) is 0 Å². The molecule has 0 heterocycles. The number of aryl methyl sites for hydroxylation is 2. The predicted molar refractivity (Wildman–Crippen MR) is 108 cm³/mol. The van der Waals surface area contributed by atoms with E-state index in [-0.39, 0.29) is 10.8 Å². The van der Waals surface area contributed by atoms with Gasteiger partial charge in [0.2, 0.25) is 0 Å². The molecule has 0 heteroatoms. The summed E-state index contributed by atoms with van der Waals surface area (Å²) in [6, 6.07) is 13.3. The van der Waals surface area contributed by atoms with E-state index in [4.69, 9.17) is 0 Å². The molecule has 0 unspecified atom stereocenters. The molecular weight excluding hydrogens is 300 g/mol. The van der Waals surface area contributed by atoms with Crippen molar-refractivity contribution in [2.45, 2.75) is 71.6 Å². The van der Waals surface area contributed by atoms with Crippen LogP contribution in [0.3, 0.4) is 0 Å². The Morgan fingerprint density at radius 2 is 1.40 bits per heavy atom. The topological polar surface area (TPSA) is 0 Å². The average Bonchev–Trinajstić information content (AvgIpc) is 2.58. The highest BCUT2D eigenvalue weighted by Crippen LogP contribution is 2.46. The lowest BCUT2D eigenvalue weighted by Crippen LogP contribution is -2.34. The molecule has 1 aliphatic rings. The largest absolute Gasteiger partial charge is 0.0616 e. The summed E-state index contributed by atoms with van der Waals surface area (Å²) in [6.07, 6.45) is 3.52. The van der Waals surface area contributed by atoms with Crippen molar-refractivity contribution < 1.29 is 0 Å². The highest BCUT2D eigenvalue weighted by atomic mass is 14.4. The van der Waals surface area contributed by atoms with Crippen molar-refractivity contribution in [1.82, 2.24) is 0 Å². The van der Waals surface area contributed by atoms with Gasteiger partial charge in [0, 0.05) is 11.1 Å². The minimum Gasteiger partial charge on any atom is -0.0616 e. The van der Waals surface area contributed by atoms with E-state index in [1.54, 1.807) is 0 Å². The van der Waals surface area contributed by atoms with Crippen LogP contribution in [0.2, 0.25) is 0 Å². The Hall–Kier alpha value is -2.00. The summed E-state index contributed by atoms with van der Waals surface area (Å²) in [4.78, 5) is 0. The maximum Gasteiger partial charge on any atom is 0.0284 e. The predicted octanol–water partition coefficient (Wildman–Crippen LogP) is 6.31. The van der Waals surface area contributed by atoms with Gasteiger partial charge in [-0.2, -0.15) is 0 Å². The Balaban J connectivity index is 2.11. The van der Waals surface area contributed by atoms with E-state index in [0.29, 0.717) is 0 Å². The SMILES string of the molecule is CCc1cc2c(cc1C#Cc1ccc(C)cc1)C(C)(C)CCC2(C)C. The number of fused-ring (bicyclic) bond motifs is 1. The first-order valence-electron chi connectivity index (χ1n) is 9.49. The van der Waals surface area contributed by atoms with Gasteiger partial charge in [-0.1, -0.05) is 70.2 Å². The second-order valence-corrected chi connectivity index (χ2v) is 8.79. The smallest absolute Gasteiger partial charge is 0.0284 e. The van der Waals surface area contributed by atoms with E-state index >= 15 is 0 Å². The summed E-state index contributed by atoms with van der Waals surface area (Å²) in [7, 11) is 0. The molecule has 0 radical (unpaired) electrons. The third kappa shape index (κ3) is 3.52. The quantitative estimate of drug-likeness (QED) is 0.538. The molecule has 130 valence electrons. The fraction of sp³-hybridized carbons (Fsp3) is 0.440. The van der Waals surface area contributed by atoms with Gasteiger partial charge in [0.1, 0.15) is 0 Å². The summed E-state index contributed by atoms with van der Waals surface area (Å²) in [5, 5.41) is 0. The highest BCUT2D eigenvalue weighted by molar-refractivity contribution is 5.54. The van der Waals surface area contributed by atoms with Crippen molar-refractivity contribution in [3.05, 3.63) is 69.8 Å². The van der Waals surface area contributed by atoms with Crippen LogP contribution in [0.25, 0.3) is 0 Å². The Morgan fingerprint density at radius 1 is 0.840 bits per heavy atom. The molecule has 0 aromatic heterocycles. The lowest BCUT2D eigenvalue weighted by Gasteiger charge is -2.42. The van der Waals surface area contributed by atoms with Gasteiger partial charge in [0.15, 0.2) is 0 Å². The number of hydrogen-bond acceptors (Lipinski definition) is 0. The molecule has 0 saturated heterocycles. The van der Waals surface area contributed by atoms with E-state index in [1.165, 1.54) is 40.7 Å². The molecule has 0 N–H and O–H groups in total. The van der Waals surface area contributed by atoms with Gasteiger partial charge in [0.25, 0.3) is 0 Å². The third-order valence-electron chi connectivity index (χ3n) is 5.85. The molecule has 0 spiro atoms. The van der Waals surface area contributed by atoms with E-state index in [1.807, 2.05) is 0 Å². The number of rotatable bonds is 1. The second kappa shape index (κ2) is 6.38. The summed E-state index contributed by atoms with van der Waals surface area (Å²) < 4.78 is 0. The molecule has 0 bridgehead atoms. The third-order valence-corrected chi connectivity index (χ3v) is 5.85. The van der Waals surface area contributed by atoms with E-state index < -0.39 is 0 Å². The van der Waals surface area contributed by atoms with E-state index in [0.717, 1.165) is 12.0 Å². The van der Waals surface area contributed by atoms with Gasteiger partial charge in [-0.3, -0.25) is 0 Å². The molecule has 0 amide bonds. The van der Waals surface area contributed by atoms with Crippen LogP contribution in [0, 0.1) is 18.8 Å². The van der Waals surface area contributed by atoms with E-state index in [9.17, 15) is 0 Å². The Kier molecular flexibility index (Phi) is 4.54. The van der Waals surface area contributed by atoms with Crippen LogP contribution in [0.1, 0.15) is 80.8 Å². The molecule has 0 aliphatic heterocycles. The maximum atomic E-state index is 3.47. The lowest BCUT2D eigenvalue weighted by molar-refractivity contribution is 0.331. The van der Waals surface area contributed by atoms with Gasteiger partial charge in [-0.25, -0.2) is 0 Å². The molecular formula is C25H30. The highest BCUT2D eigenvalue weighted by Gasteiger charge is 2.37. The van der Waals surface area contributed by atoms with Crippen molar-refractivity contribution in [2.24, 2.45) is 0 Å². The van der Waals surface area contributed by atoms with Crippen molar-refractivity contribution in [2.75, 3.05) is 0 Å². The summed E-state index contributed by atoms with van der Waals surface area (Å²) in [5.41, 5.74) is 8.46. The van der Waals surface area contributed by atoms with Gasteiger partial charge in [0.05, 0.1) is 0 Å². The minimum atomic E-state index is 0.234. The molecule has 2 aromatic rings. The Bertz CT molecular complexity index is 836. The maximum absolute atomic E-state index is 3.47. The first-order chi connectivity index (χ1) is 11.7. The molecule has 0 saturated carbocycles. The van der Waals surface area contributed by atoms with Crippen LogP contribution < -0.4 is 0 Å². The summed E-state index contributed by atoms with van der Waals surface area (Å²) in [6.45, 7) is 13.9. The Morgan fingerprint density at radius 3 is 1.96 bits per heavy atom. The summed E-state index contributed by atoms with van der Waals surface area (Å²) in [5.74, 6) is 6.83. The number of hydrogen-bond donors (Lipinski definition) is 0. The zero-order valence-electron chi connectivity index (χ0n) is 16.6. The van der Waals surface area contributed by atoms with Crippen molar-refractivity contribution >= 4 is 0 Å². The van der Waals surface area contributed by atoms with E-state index in [2.05, 4.69) is 89.8 Å². The molecule has 0 fully saturated rings. The summed E-state index contributed by atoms with van der Waals surface area (Å²) >= 11 is 0. The zero-order chi connectivity index (χ0) is 18.2. The Labute approximate surface area is 153 Å². The minimum absolute atomic E-state index is 0.234. The van der Waals surface area contributed by atoms with Crippen LogP contribution in [0.5, 0.6) is 0 Å². The molecule has 0 atom stereocenters. The van der Waals surface area contributed by atoms with Crippen molar-refractivity contribution in [3.8, 4) is 11.8 Å². The fourth-order valence-electron chi connectivity index (χ4n) is 3.84. The molecule has 0 nitrogen and oxygen atoms in total. The van der Waals surface area contributed by atoms with Crippen LogP contribution in [-0.2, 0) is 17.3 Å². The van der Waals surface area contributed by atoms with Crippen LogP contribution in [0.15, 0.2) is 36.4 Å². The molecule has 2 aromatic carbocycles. The van der Waals surface area contributed by atoms with Gasteiger partial charge in [-0.05, 0) is 71.9 Å². The zero-order valence-corrected chi connectivity index (χ0v) is 16.6. The first-order valence-corrected chi connectivity index (χ1v) is 9.49. The standard InChI is InChI=1S/C25H30/c1-7-20-16-22-23(25(5,6)15-14-24(22,3)4)17-21(20)13-12-19-10-8-18(2)9-11-19/h8-11,16-17H,7,14-15H2,1-6H3. The first kappa shape index (κ1) is 17.8. The average molecular weight is 331 g/mol. The lowest BCUT2D eigenvalue weighted by atomic mass is 9.62. The van der Waals surface area contributed by atoms with Gasteiger partial charge >= 0.3 is 0 Å². The van der Waals surface area contributed by atoms with Crippen LogP contribution >= 0.6 is 0 Å². The van der Waals surface area contributed by atoms with Crippen molar-refractivity contribution in [1.29, 1.82) is 0 Å². The molecule has 1 aliphatic carbocycles. The fourth-order valence-corrected chi connectivity index (χ4v) is 3.84.